The van der Waals surface area contributed by atoms with Crippen LogP contribution in [0.25, 0.3) is 11.1 Å². The average Bonchev–Trinajstić information content (AvgIpc) is 2.93. The summed E-state index contributed by atoms with van der Waals surface area (Å²) < 4.78 is 20.3. The molecule has 1 amide bonds. The van der Waals surface area contributed by atoms with Crippen LogP contribution in [0.5, 0.6) is 5.75 Å². The predicted molar refractivity (Wildman–Crippen MR) is 101 cm³/mol. The molecule has 0 atom stereocenters. The number of carbonyl (C=O) groups is 1. The molecular formula is C20H19FN4O2. The Hall–Kier alpha value is -3.48. The van der Waals surface area contributed by atoms with E-state index in [2.05, 4.69) is 15.6 Å². The van der Waals surface area contributed by atoms with Crippen molar-refractivity contribution in [3.63, 3.8) is 0 Å². The molecule has 7 heteroatoms. The topological polar surface area (TPSA) is 68.5 Å². The van der Waals surface area contributed by atoms with Gasteiger partial charge in [0.05, 0.1) is 17.5 Å². The fourth-order valence-corrected chi connectivity index (χ4v) is 2.52. The Labute approximate surface area is 156 Å². The summed E-state index contributed by atoms with van der Waals surface area (Å²) >= 11 is 0. The van der Waals surface area contributed by atoms with Gasteiger partial charge in [0.2, 0.25) is 5.95 Å². The molecule has 0 aliphatic rings. The number of halogens is 1. The third kappa shape index (κ3) is 4.58. The first-order valence-corrected chi connectivity index (χ1v) is 8.34. The number of hydrogen-bond donors (Lipinski definition) is 1. The highest BCUT2D eigenvalue weighted by atomic mass is 19.1. The smallest absolute Gasteiger partial charge is 0.277 e. The number of aromatic nitrogens is 2. The van der Waals surface area contributed by atoms with Gasteiger partial charge in [0.15, 0.2) is 6.61 Å². The molecule has 3 aromatic rings. The van der Waals surface area contributed by atoms with Crippen molar-refractivity contribution in [2.45, 2.75) is 6.92 Å². The lowest BCUT2D eigenvalue weighted by atomic mass is 10.1. The Balaban J connectivity index is 1.51. The Bertz CT molecular complexity index is 950. The van der Waals surface area contributed by atoms with E-state index >= 15 is 0 Å². The number of amides is 1. The van der Waals surface area contributed by atoms with Gasteiger partial charge < -0.3 is 4.74 Å². The minimum absolute atomic E-state index is 0.198. The minimum Gasteiger partial charge on any atom is -0.484 e. The lowest BCUT2D eigenvalue weighted by Crippen LogP contribution is -2.24. The van der Waals surface area contributed by atoms with Crippen molar-refractivity contribution in [2.24, 2.45) is 12.1 Å². The van der Waals surface area contributed by atoms with Crippen LogP contribution in [0.4, 0.5) is 4.39 Å². The molecule has 1 N–H and O–H groups in total. The third-order valence-corrected chi connectivity index (χ3v) is 3.91. The molecule has 1 aromatic heterocycles. The minimum atomic E-state index is -0.514. The third-order valence-electron chi connectivity index (χ3n) is 3.91. The monoisotopic (exact) mass is 366 g/mol. The second kappa shape index (κ2) is 8.27. The van der Waals surface area contributed by atoms with Crippen LogP contribution in [0.15, 0.2) is 59.7 Å². The summed E-state index contributed by atoms with van der Waals surface area (Å²) in [7, 11) is 1.50. The number of ether oxygens (including phenoxy) is 1. The molecule has 27 heavy (non-hydrogen) atoms. The van der Waals surface area contributed by atoms with Crippen molar-refractivity contribution in [3.05, 3.63) is 71.8 Å². The summed E-state index contributed by atoms with van der Waals surface area (Å²) in [5.74, 6) is -0.386. The fraction of sp³-hybridized carbons (Fsp3) is 0.150. The summed E-state index contributed by atoms with van der Waals surface area (Å²) in [5, 5.41) is 7.67. The Kier molecular flexibility index (Phi) is 5.61. The van der Waals surface area contributed by atoms with Gasteiger partial charge in [-0.2, -0.15) is 14.6 Å². The van der Waals surface area contributed by atoms with Crippen LogP contribution in [0, 0.1) is 12.9 Å². The molecule has 0 spiro atoms. The van der Waals surface area contributed by atoms with Gasteiger partial charge in [0, 0.05) is 7.05 Å². The van der Waals surface area contributed by atoms with Crippen molar-refractivity contribution in [1.82, 2.24) is 15.2 Å². The zero-order chi connectivity index (χ0) is 19.2. The van der Waals surface area contributed by atoms with Gasteiger partial charge in [-0.25, -0.2) is 10.1 Å². The van der Waals surface area contributed by atoms with Crippen LogP contribution in [0.2, 0.25) is 0 Å². The standard InChI is InChI=1S/C20H19FN4O2/c1-14-18(20(21)25(2)24-14)12-22-23-19(26)13-27-17-10-8-16(9-11-17)15-6-4-3-5-7-15/h3-12H,13H2,1-2H3,(H,23,26). The molecule has 1 heterocycles. The Morgan fingerprint density at radius 2 is 1.85 bits per heavy atom. The van der Waals surface area contributed by atoms with Gasteiger partial charge in [-0.15, -0.1) is 0 Å². The number of carbonyl (C=O) groups excluding carboxylic acids is 1. The summed E-state index contributed by atoms with van der Waals surface area (Å²) in [5.41, 5.74) is 5.19. The zero-order valence-corrected chi connectivity index (χ0v) is 15.0. The molecule has 138 valence electrons. The van der Waals surface area contributed by atoms with E-state index in [1.807, 2.05) is 42.5 Å². The van der Waals surface area contributed by atoms with Crippen molar-refractivity contribution < 1.29 is 13.9 Å². The van der Waals surface area contributed by atoms with Crippen LogP contribution in [-0.2, 0) is 11.8 Å². The largest absolute Gasteiger partial charge is 0.484 e. The number of benzene rings is 2. The maximum absolute atomic E-state index is 13.7. The molecule has 3 rings (SSSR count). The zero-order valence-electron chi connectivity index (χ0n) is 15.0. The van der Waals surface area contributed by atoms with E-state index < -0.39 is 11.9 Å². The molecule has 0 aliphatic heterocycles. The number of nitrogens with zero attached hydrogens (tertiary/aromatic N) is 3. The molecule has 0 unspecified atom stereocenters. The summed E-state index contributed by atoms with van der Waals surface area (Å²) in [6.45, 7) is 1.46. The van der Waals surface area contributed by atoms with Gasteiger partial charge in [-0.1, -0.05) is 42.5 Å². The molecule has 0 fully saturated rings. The van der Waals surface area contributed by atoms with Crippen LogP contribution >= 0.6 is 0 Å². The molecule has 6 nitrogen and oxygen atoms in total. The average molecular weight is 366 g/mol. The van der Waals surface area contributed by atoms with Crippen LogP contribution in [0.3, 0.4) is 0 Å². The maximum atomic E-state index is 13.7. The highest BCUT2D eigenvalue weighted by Crippen LogP contribution is 2.21. The number of rotatable bonds is 6. The predicted octanol–water partition coefficient (Wildman–Crippen LogP) is 3.06. The fourth-order valence-electron chi connectivity index (χ4n) is 2.52. The van der Waals surface area contributed by atoms with Gasteiger partial charge in [0.25, 0.3) is 5.91 Å². The first-order valence-electron chi connectivity index (χ1n) is 8.34. The summed E-state index contributed by atoms with van der Waals surface area (Å²) in [6.07, 6.45) is 1.23. The van der Waals surface area contributed by atoms with E-state index in [9.17, 15) is 9.18 Å². The number of hydrazone groups is 1. The van der Waals surface area contributed by atoms with Crippen molar-refractivity contribution in [2.75, 3.05) is 6.61 Å². The van der Waals surface area contributed by atoms with Crippen LogP contribution < -0.4 is 10.2 Å². The van der Waals surface area contributed by atoms with Gasteiger partial charge in [0.1, 0.15) is 5.75 Å². The Morgan fingerprint density at radius 3 is 2.48 bits per heavy atom. The first kappa shape index (κ1) is 18.3. The van der Waals surface area contributed by atoms with E-state index in [4.69, 9.17) is 4.74 Å². The summed E-state index contributed by atoms with van der Waals surface area (Å²) in [6, 6.07) is 17.4. The second-order valence-corrected chi connectivity index (χ2v) is 5.89. The highest BCUT2D eigenvalue weighted by molar-refractivity contribution is 5.83. The van der Waals surface area contributed by atoms with Gasteiger partial charge in [-0.05, 0) is 30.2 Å². The van der Waals surface area contributed by atoms with Crippen molar-refractivity contribution in [3.8, 4) is 16.9 Å². The molecule has 0 aliphatic carbocycles. The molecule has 0 radical (unpaired) electrons. The molecule has 0 saturated heterocycles. The van der Waals surface area contributed by atoms with Crippen molar-refractivity contribution in [1.29, 1.82) is 0 Å². The lowest BCUT2D eigenvalue weighted by molar-refractivity contribution is -0.123. The van der Waals surface area contributed by atoms with E-state index in [0.29, 0.717) is 11.4 Å². The normalized spacial score (nSPS) is 10.9. The van der Waals surface area contributed by atoms with E-state index in [0.717, 1.165) is 15.8 Å². The quantitative estimate of drug-likeness (QED) is 0.538. The van der Waals surface area contributed by atoms with E-state index in [-0.39, 0.29) is 12.2 Å². The van der Waals surface area contributed by atoms with Crippen LogP contribution in [0.1, 0.15) is 11.3 Å². The lowest BCUT2D eigenvalue weighted by Gasteiger charge is -2.06. The van der Waals surface area contributed by atoms with E-state index in [1.165, 1.54) is 13.3 Å². The molecular weight excluding hydrogens is 347 g/mol. The number of nitrogens with one attached hydrogen (secondary N) is 1. The van der Waals surface area contributed by atoms with Gasteiger partial charge in [-0.3, -0.25) is 4.79 Å². The number of aryl methyl sites for hydroxylation is 2. The van der Waals surface area contributed by atoms with Gasteiger partial charge >= 0.3 is 0 Å². The Morgan fingerprint density at radius 1 is 1.19 bits per heavy atom. The molecule has 0 saturated carbocycles. The van der Waals surface area contributed by atoms with E-state index in [1.54, 1.807) is 19.1 Å². The first-order chi connectivity index (χ1) is 13.0. The molecule has 2 aromatic carbocycles. The van der Waals surface area contributed by atoms with Crippen LogP contribution in [-0.4, -0.2) is 28.5 Å². The van der Waals surface area contributed by atoms with Crippen molar-refractivity contribution >= 4 is 12.1 Å². The highest BCUT2D eigenvalue weighted by Gasteiger charge is 2.10. The SMILES string of the molecule is Cc1nn(C)c(F)c1C=NNC(=O)COc1ccc(-c2ccccc2)cc1. The second-order valence-electron chi connectivity index (χ2n) is 5.89. The maximum Gasteiger partial charge on any atom is 0.277 e. The summed E-state index contributed by atoms with van der Waals surface area (Å²) in [4.78, 5) is 11.8. The number of hydrogen-bond acceptors (Lipinski definition) is 4. The molecule has 0 bridgehead atoms.